The number of hydrogen-bond acceptors (Lipinski definition) is 3. The predicted octanol–water partition coefficient (Wildman–Crippen LogP) is 15.5. The summed E-state index contributed by atoms with van der Waals surface area (Å²) in [7, 11) is 0. The lowest BCUT2D eigenvalue weighted by atomic mass is 10.0. The summed E-state index contributed by atoms with van der Waals surface area (Å²) >= 11 is 0. The van der Waals surface area contributed by atoms with Crippen LogP contribution in [-0.4, -0.2) is 32.5 Å². The van der Waals surface area contributed by atoms with Crippen molar-refractivity contribution in [1.82, 2.24) is 0 Å². The van der Waals surface area contributed by atoms with E-state index in [0.29, 0.717) is 13.2 Å². The van der Waals surface area contributed by atoms with Gasteiger partial charge >= 0.3 is 0 Å². The Balaban J connectivity index is 2.01. The van der Waals surface area contributed by atoms with Gasteiger partial charge in [0.1, 0.15) is 0 Å². The Kier molecular flexibility index (Phi) is 38.5. The Morgan fingerprint density at radius 3 is 1.14 bits per heavy atom. The fourth-order valence-electron chi connectivity index (χ4n) is 7.06. The molecule has 0 amide bonds. The molecule has 0 N–H and O–H groups in total. The van der Waals surface area contributed by atoms with Crippen molar-refractivity contribution in [2.45, 2.75) is 238 Å². The van der Waals surface area contributed by atoms with Crippen LogP contribution in [0.15, 0.2) is 30.3 Å². The highest BCUT2D eigenvalue weighted by molar-refractivity contribution is 5.13. The minimum Gasteiger partial charge on any atom is -0.379 e. The lowest BCUT2D eigenvalue weighted by Gasteiger charge is -2.18. The van der Waals surface area contributed by atoms with Crippen LogP contribution in [0.4, 0.5) is 0 Å². The molecule has 50 heavy (non-hydrogen) atoms. The third-order valence-electron chi connectivity index (χ3n) is 10.5. The van der Waals surface area contributed by atoms with Crippen molar-refractivity contribution in [3.8, 4) is 0 Å². The highest BCUT2D eigenvalue weighted by Crippen LogP contribution is 2.16. The maximum absolute atomic E-state index is 6.34. The smallest absolute Gasteiger partial charge is 0.0830 e. The second-order valence-corrected chi connectivity index (χ2v) is 15.5. The summed E-state index contributed by atoms with van der Waals surface area (Å²) in [6, 6.07) is 10.5. The van der Waals surface area contributed by atoms with Crippen LogP contribution in [0.1, 0.15) is 231 Å². The summed E-state index contributed by atoms with van der Waals surface area (Å²) in [5, 5.41) is 0. The van der Waals surface area contributed by atoms with Gasteiger partial charge in [0, 0.05) is 19.8 Å². The van der Waals surface area contributed by atoms with Crippen LogP contribution in [0.2, 0.25) is 0 Å². The topological polar surface area (TPSA) is 27.7 Å². The van der Waals surface area contributed by atoms with Crippen LogP contribution in [0.25, 0.3) is 0 Å². The summed E-state index contributed by atoms with van der Waals surface area (Å²) in [5.74, 6) is 0. The molecule has 0 saturated heterocycles. The van der Waals surface area contributed by atoms with Gasteiger partial charge in [-0.25, -0.2) is 0 Å². The molecule has 3 heteroatoms. The summed E-state index contributed by atoms with van der Waals surface area (Å²) in [5.41, 5.74) is 1.23. The van der Waals surface area contributed by atoms with Gasteiger partial charge in [-0.2, -0.15) is 0 Å². The van der Waals surface area contributed by atoms with E-state index in [0.717, 1.165) is 26.2 Å². The van der Waals surface area contributed by atoms with Crippen molar-refractivity contribution in [2.75, 3.05) is 26.4 Å². The molecule has 1 aromatic carbocycles. The SMILES string of the molecule is CCCCCCCCCCCCCCCCCCOCC(CCOCc1ccccc1)OCCCCCCCCCCCCCCCCCC. The van der Waals surface area contributed by atoms with Crippen molar-refractivity contribution in [3.63, 3.8) is 0 Å². The average Bonchev–Trinajstić information content (AvgIpc) is 3.14. The molecule has 1 unspecified atom stereocenters. The highest BCUT2D eigenvalue weighted by Gasteiger charge is 2.10. The summed E-state index contributed by atoms with van der Waals surface area (Å²) < 4.78 is 18.5. The highest BCUT2D eigenvalue weighted by atomic mass is 16.5. The lowest BCUT2D eigenvalue weighted by molar-refractivity contribution is -0.0362. The van der Waals surface area contributed by atoms with Gasteiger partial charge in [0.2, 0.25) is 0 Å². The summed E-state index contributed by atoms with van der Waals surface area (Å²) in [6.45, 7) is 8.41. The van der Waals surface area contributed by atoms with Gasteiger partial charge in [0.25, 0.3) is 0 Å². The largest absolute Gasteiger partial charge is 0.379 e. The molecule has 1 atom stereocenters. The molecule has 1 aromatic rings. The lowest BCUT2D eigenvalue weighted by Crippen LogP contribution is -2.23. The number of unbranched alkanes of at least 4 members (excludes halogenated alkanes) is 30. The molecule has 0 saturated carbocycles. The zero-order valence-corrected chi connectivity index (χ0v) is 34.1. The first-order valence-corrected chi connectivity index (χ1v) is 22.7. The molecule has 0 aliphatic heterocycles. The van der Waals surface area contributed by atoms with Crippen LogP contribution in [0.5, 0.6) is 0 Å². The maximum atomic E-state index is 6.34. The van der Waals surface area contributed by atoms with E-state index in [1.54, 1.807) is 0 Å². The number of ether oxygens (including phenoxy) is 3. The van der Waals surface area contributed by atoms with Crippen LogP contribution in [-0.2, 0) is 20.8 Å². The van der Waals surface area contributed by atoms with E-state index in [-0.39, 0.29) is 6.10 Å². The second kappa shape index (κ2) is 40.9. The molecule has 0 radical (unpaired) electrons. The van der Waals surface area contributed by atoms with E-state index in [9.17, 15) is 0 Å². The zero-order valence-electron chi connectivity index (χ0n) is 34.1. The first-order chi connectivity index (χ1) is 24.9. The van der Waals surface area contributed by atoms with E-state index >= 15 is 0 Å². The van der Waals surface area contributed by atoms with E-state index < -0.39 is 0 Å². The fourth-order valence-corrected chi connectivity index (χ4v) is 7.06. The standard InChI is InChI=1S/C47H88O3/c1-3-5-7-9-11-13-15-17-19-21-23-25-27-29-31-36-41-48-45-47(40-43-49-44-46-38-34-33-35-39-46)50-42-37-32-30-28-26-24-22-20-18-16-14-12-10-8-6-4-2/h33-35,38-39,47H,3-32,36-37,40-45H2,1-2H3. The Bertz CT molecular complexity index is 737. The molecule has 294 valence electrons. The van der Waals surface area contributed by atoms with Gasteiger partial charge in [0.15, 0.2) is 0 Å². The van der Waals surface area contributed by atoms with Crippen molar-refractivity contribution in [2.24, 2.45) is 0 Å². The number of rotatable bonds is 42. The van der Waals surface area contributed by atoms with Gasteiger partial charge in [0.05, 0.1) is 19.3 Å². The molecular weight excluding hydrogens is 613 g/mol. The number of hydrogen-bond donors (Lipinski definition) is 0. The Labute approximate surface area is 314 Å². The molecule has 1 rings (SSSR count). The van der Waals surface area contributed by atoms with E-state index in [2.05, 4.69) is 44.2 Å². The number of benzene rings is 1. The maximum Gasteiger partial charge on any atom is 0.0830 e. The van der Waals surface area contributed by atoms with E-state index in [1.807, 2.05) is 0 Å². The van der Waals surface area contributed by atoms with Crippen molar-refractivity contribution in [1.29, 1.82) is 0 Å². The molecule has 0 fully saturated rings. The first kappa shape index (κ1) is 47.1. The molecule has 3 nitrogen and oxygen atoms in total. The summed E-state index contributed by atoms with van der Waals surface area (Å²) in [6.07, 6.45) is 45.9. The van der Waals surface area contributed by atoms with Crippen molar-refractivity contribution >= 4 is 0 Å². The summed E-state index contributed by atoms with van der Waals surface area (Å²) in [4.78, 5) is 0. The molecular formula is C47H88O3. The van der Waals surface area contributed by atoms with Crippen LogP contribution < -0.4 is 0 Å². The first-order valence-electron chi connectivity index (χ1n) is 22.7. The predicted molar refractivity (Wildman–Crippen MR) is 220 cm³/mol. The third kappa shape index (κ3) is 35.5. The molecule has 0 aromatic heterocycles. The van der Waals surface area contributed by atoms with Gasteiger partial charge in [-0.05, 0) is 24.8 Å². The monoisotopic (exact) mass is 701 g/mol. The Morgan fingerprint density at radius 1 is 0.380 bits per heavy atom. The molecule has 0 aliphatic rings. The van der Waals surface area contributed by atoms with Crippen LogP contribution in [0.3, 0.4) is 0 Å². The molecule has 0 spiro atoms. The zero-order chi connectivity index (χ0) is 35.7. The third-order valence-corrected chi connectivity index (χ3v) is 10.5. The van der Waals surface area contributed by atoms with Gasteiger partial charge < -0.3 is 14.2 Å². The quantitative estimate of drug-likeness (QED) is 0.0636. The van der Waals surface area contributed by atoms with E-state index in [4.69, 9.17) is 14.2 Å². The Morgan fingerprint density at radius 2 is 0.740 bits per heavy atom. The minimum absolute atomic E-state index is 0.142. The fraction of sp³-hybridized carbons (Fsp3) is 0.872. The second-order valence-electron chi connectivity index (χ2n) is 15.5. The van der Waals surface area contributed by atoms with Crippen molar-refractivity contribution < 1.29 is 14.2 Å². The molecule has 0 aliphatic carbocycles. The normalized spacial score (nSPS) is 12.2. The molecule has 0 heterocycles. The minimum atomic E-state index is 0.142. The molecule has 0 bridgehead atoms. The van der Waals surface area contributed by atoms with Crippen LogP contribution >= 0.6 is 0 Å². The average molecular weight is 701 g/mol. The van der Waals surface area contributed by atoms with Crippen molar-refractivity contribution in [3.05, 3.63) is 35.9 Å². The van der Waals surface area contributed by atoms with Gasteiger partial charge in [-0.3, -0.25) is 0 Å². The Hall–Kier alpha value is -0.900. The van der Waals surface area contributed by atoms with Crippen LogP contribution in [0, 0.1) is 0 Å². The van der Waals surface area contributed by atoms with Gasteiger partial charge in [-0.1, -0.05) is 237 Å². The van der Waals surface area contributed by atoms with E-state index in [1.165, 1.54) is 211 Å². The van der Waals surface area contributed by atoms with Gasteiger partial charge in [-0.15, -0.1) is 0 Å².